The summed E-state index contributed by atoms with van der Waals surface area (Å²) in [6.45, 7) is 27.1. The first-order valence-corrected chi connectivity index (χ1v) is 33.4. The van der Waals surface area contributed by atoms with Crippen molar-refractivity contribution >= 4 is 43.0 Å². The van der Waals surface area contributed by atoms with Crippen LogP contribution in [0.3, 0.4) is 0 Å². The van der Waals surface area contributed by atoms with Crippen LogP contribution in [0.1, 0.15) is 224 Å². The molecule has 2 amide bonds. The Kier molecular flexibility index (Phi) is 67.3. The summed E-state index contributed by atoms with van der Waals surface area (Å²) in [5.41, 5.74) is -0.146. The lowest BCUT2D eigenvalue weighted by atomic mass is 9.75. The Bertz CT molecular complexity index is 1840. The summed E-state index contributed by atoms with van der Waals surface area (Å²) in [7, 11) is 13.7. The quantitative estimate of drug-likeness (QED) is 0.0155. The molecule has 2 fully saturated rings. The first kappa shape index (κ1) is 86.7. The highest BCUT2D eigenvalue weighted by Gasteiger charge is 2.30. The number of nitrogens with one attached hydrogen (secondary N) is 2. The Morgan fingerprint density at radius 2 is 0.953 bits per heavy atom. The molecule has 2 aliphatic carbocycles. The Labute approximate surface area is 553 Å². The molecule has 2 rings (SSSR count). The van der Waals surface area contributed by atoms with Crippen LogP contribution in [-0.2, 0) is 38.0 Å². The molecule has 15 heteroatoms. The highest BCUT2D eigenvalue weighted by atomic mass is 127. The van der Waals surface area contributed by atoms with Gasteiger partial charge in [-0.2, -0.15) is 0 Å². The van der Waals surface area contributed by atoms with Crippen LogP contribution in [0, 0.1) is 81.9 Å². The molecule has 2 radical (unpaired) electrons. The van der Waals surface area contributed by atoms with Crippen molar-refractivity contribution in [3.05, 3.63) is 0 Å². The number of amides is 2. The number of unbranched alkanes of at least 4 members (excludes halogenated alkanes) is 12. The van der Waals surface area contributed by atoms with Gasteiger partial charge in [0.1, 0.15) is 0 Å². The van der Waals surface area contributed by atoms with Gasteiger partial charge < -0.3 is 65.3 Å². The molecule has 0 saturated heterocycles. The molecular weight excluding hydrogens is 1240 g/mol. The third-order valence-corrected chi connectivity index (χ3v) is 15.0. The highest BCUT2D eigenvalue weighted by molar-refractivity contribution is 14.1. The van der Waals surface area contributed by atoms with Crippen molar-refractivity contribution in [1.82, 2.24) is 10.6 Å². The number of carbonyl (C=O) groups excluding carboxylic acids is 2. The summed E-state index contributed by atoms with van der Waals surface area (Å²) in [5.74, 6) is 27.3. The maximum absolute atomic E-state index is 11.5. The maximum atomic E-state index is 11.5. The van der Waals surface area contributed by atoms with Gasteiger partial charge in [-0.1, -0.05) is 133 Å². The maximum Gasteiger partial charge on any atom is 0.407 e. The van der Waals surface area contributed by atoms with Gasteiger partial charge in [0.2, 0.25) is 5.91 Å². The number of carbonyl (C=O) groups is 2. The molecule has 492 valence electrons. The Morgan fingerprint density at radius 1 is 0.553 bits per heavy atom. The number of ether oxygens (including phenoxy) is 7. The second-order valence-corrected chi connectivity index (χ2v) is 23.7. The fourth-order valence-electron chi connectivity index (χ4n) is 9.92. The van der Waals surface area contributed by atoms with Gasteiger partial charge >= 0.3 is 6.09 Å². The van der Waals surface area contributed by atoms with Crippen molar-refractivity contribution in [1.29, 1.82) is 1.34 Å². The smallest absolute Gasteiger partial charge is 0.407 e. The number of nitrogens with zero attached hydrogens (tertiary/aromatic N) is 1. The molecule has 2 N–H and O–H groups in total. The molecule has 0 aromatic carbocycles. The number of quaternary nitrogens is 1. The Morgan fingerprint density at radius 3 is 1.40 bits per heavy atom. The van der Waals surface area contributed by atoms with Crippen molar-refractivity contribution in [3.8, 4) is 59.2 Å². The number of alkyl halides is 1. The van der Waals surface area contributed by atoms with Crippen LogP contribution in [0.25, 0.3) is 0 Å². The van der Waals surface area contributed by atoms with Crippen molar-refractivity contribution in [2.45, 2.75) is 235 Å². The van der Waals surface area contributed by atoms with Gasteiger partial charge in [0.05, 0.1) is 80.0 Å². The van der Waals surface area contributed by atoms with Crippen molar-refractivity contribution in [2.24, 2.45) is 22.7 Å². The van der Waals surface area contributed by atoms with E-state index in [0.29, 0.717) is 69.8 Å². The molecule has 0 heterocycles. The van der Waals surface area contributed by atoms with Gasteiger partial charge in [-0.3, -0.25) is 4.79 Å². The molecule has 2 unspecified atom stereocenters. The lowest BCUT2D eigenvalue weighted by Gasteiger charge is -2.34. The number of alkyl carbamates (subject to hydrolysis) is 1. The molecule has 0 aromatic heterocycles. The Hall–Kier alpha value is -2.47. The van der Waals surface area contributed by atoms with E-state index in [0.717, 1.165) is 68.1 Å². The highest BCUT2D eigenvalue weighted by Crippen LogP contribution is 2.35. The number of hydrogen-bond donors (Lipinski definition) is 2. The zero-order chi connectivity index (χ0) is 65.3. The fraction of sp³-hybridized carbons (Fsp3) is 0.829. The van der Waals surface area contributed by atoms with Gasteiger partial charge in [0.25, 0.3) is 0 Å². The minimum atomic E-state index is -0.271. The van der Waals surface area contributed by atoms with E-state index in [1.807, 2.05) is 29.5 Å². The lowest BCUT2D eigenvalue weighted by Crippen LogP contribution is -3.00. The predicted octanol–water partition coefficient (Wildman–Crippen LogP) is 11.2. The third-order valence-electron chi connectivity index (χ3n) is 15.0. The molecule has 0 bridgehead atoms. The molecular formula is C70H126BBrIN3O9. The summed E-state index contributed by atoms with van der Waals surface area (Å²) in [5, 5.41) is 6.02. The molecule has 2 aliphatic rings. The van der Waals surface area contributed by atoms with E-state index >= 15 is 0 Å². The van der Waals surface area contributed by atoms with Crippen molar-refractivity contribution < 1.29 is 65.6 Å². The molecule has 0 aliphatic heterocycles. The molecule has 0 aromatic rings. The monoisotopic (exact) mass is 1370 g/mol. The molecule has 0 spiro atoms. The number of hydrogen-bond acceptors (Lipinski definition) is 9. The SMILES string of the molecule is CC#CC#CC#CC#CC#CC.CCCCCCCCCCCC[N+](C)(C)CCCCOCC(C)(COC)COCC(C)(CC)COCCOC.CCCCCOC.CCOC(=O)NC1CCC(CC2CCC(NC(C)=O)CC2)CC1.[2H]CI.[2H][B].[Br-]. The Balaban J connectivity index is -0.000000389. The average Bonchev–Trinajstić information content (AvgIpc) is 3.69. The third kappa shape index (κ3) is 61.6. The minimum absolute atomic E-state index is 0. The first-order valence-electron chi connectivity index (χ1n) is 33.2. The summed E-state index contributed by atoms with van der Waals surface area (Å²) in [4.78, 5) is 23.0. The van der Waals surface area contributed by atoms with Gasteiger partial charge in [-0.25, -0.2) is 4.79 Å². The average molecular weight is 1370 g/mol. The lowest BCUT2D eigenvalue weighted by molar-refractivity contribution is -0.890. The van der Waals surface area contributed by atoms with E-state index in [4.69, 9.17) is 35.9 Å². The topological polar surface area (TPSA) is 123 Å². The minimum Gasteiger partial charge on any atom is -1.00 e. The molecule has 12 nitrogen and oxygen atoms in total. The van der Waals surface area contributed by atoms with Crippen LogP contribution in [-0.4, -0.2) is 158 Å². The second-order valence-electron chi connectivity index (χ2n) is 23.7. The van der Waals surface area contributed by atoms with E-state index < -0.39 is 0 Å². The number of halogens is 2. The predicted molar refractivity (Wildman–Crippen MR) is 364 cm³/mol. The zero-order valence-corrected chi connectivity index (χ0v) is 60.4. The number of methoxy groups -OCH3 is 3. The molecule has 2 atom stereocenters. The molecule has 85 heavy (non-hydrogen) atoms. The molecule has 2 saturated carbocycles. The van der Waals surface area contributed by atoms with E-state index in [9.17, 15) is 9.59 Å². The van der Waals surface area contributed by atoms with E-state index in [-0.39, 0.29) is 39.8 Å². The van der Waals surface area contributed by atoms with Gasteiger partial charge in [0.15, 0.2) is 0 Å². The summed E-state index contributed by atoms with van der Waals surface area (Å²) in [6, 6.07) is 0.689. The zero-order valence-electron chi connectivity index (χ0n) is 58.6. The summed E-state index contributed by atoms with van der Waals surface area (Å²) >= 11 is 1.96. The summed E-state index contributed by atoms with van der Waals surface area (Å²) < 4.78 is 51.1. The number of rotatable bonds is 39. The van der Waals surface area contributed by atoms with Crippen molar-refractivity contribution in [2.75, 3.05) is 119 Å². The van der Waals surface area contributed by atoms with Crippen LogP contribution in [0.4, 0.5) is 4.79 Å². The van der Waals surface area contributed by atoms with Gasteiger partial charge in [-0.05, 0) is 183 Å². The summed E-state index contributed by atoms with van der Waals surface area (Å²) in [6.07, 6.45) is 31.5. The van der Waals surface area contributed by atoms with E-state index in [1.54, 1.807) is 42.1 Å². The largest absolute Gasteiger partial charge is 1.00 e. The van der Waals surface area contributed by atoms with Crippen LogP contribution in [0.5, 0.6) is 0 Å². The normalized spacial score (nSPS) is 17.1. The fourth-order valence-corrected chi connectivity index (χ4v) is 9.92. The van der Waals surface area contributed by atoms with E-state index in [2.05, 4.69) is 127 Å². The van der Waals surface area contributed by atoms with Crippen LogP contribution in [0.15, 0.2) is 0 Å². The van der Waals surface area contributed by atoms with Crippen LogP contribution in [0.2, 0.25) is 0 Å². The standard InChI is InChI=1S/C33H70NO5.C18H32N2O3.C12H6.C6H14O.CH3I.BH.BrH/c1-9-11-12-13-14-15-16-17-18-19-22-34(5,6)23-20-21-24-37-30-33(4,27-36-8)31-39-29-32(3,10-2)28-38-26-25-35-7;1-3-23-18(22)20-17-10-6-15(7-11-17)12-14-4-8-16(9-5-14)19-13(2)21;1-3-5-7-9-11-12-10-8-6-4-2;1-3-4-5-6-7-2;1-2;;/h9-31H2,1-8H3;14-17H,3-12H2,1-2H3,(H,19,21)(H,20,22);1-2H3;3-6H2,1-2H3;1H3;2*1H/q+1;;;;;;/p-1/i;;;;2*1D;. The van der Waals surface area contributed by atoms with E-state index in [1.165, 1.54) is 135 Å². The van der Waals surface area contributed by atoms with Crippen LogP contribution >= 0.6 is 22.6 Å². The first-order chi connectivity index (χ1) is 41.5. The van der Waals surface area contributed by atoms with Crippen molar-refractivity contribution in [3.63, 3.8) is 0 Å². The van der Waals surface area contributed by atoms with Gasteiger partial charge in [0, 0.05) is 74.1 Å². The second kappa shape index (κ2) is 66.0. The van der Waals surface area contributed by atoms with Gasteiger partial charge in [-0.15, -0.1) is 0 Å². The van der Waals surface area contributed by atoms with Crippen LogP contribution < -0.4 is 27.6 Å².